The summed E-state index contributed by atoms with van der Waals surface area (Å²) >= 11 is 5.45. The number of ketones is 1. The van der Waals surface area contributed by atoms with Crippen molar-refractivity contribution >= 4 is 17.4 Å². The molecule has 1 aromatic rings. The van der Waals surface area contributed by atoms with E-state index in [2.05, 4.69) is 0 Å². The molecular formula is C10H7ClFNO. The molecule has 0 aromatic heterocycles. The number of hydrogen-bond donors (Lipinski definition) is 0. The molecule has 2 nitrogen and oxygen atoms in total. The van der Waals surface area contributed by atoms with Crippen molar-refractivity contribution in [3.05, 3.63) is 34.6 Å². The minimum atomic E-state index is -0.768. The van der Waals surface area contributed by atoms with Crippen LogP contribution in [0.15, 0.2) is 18.2 Å². The lowest BCUT2D eigenvalue weighted by Gasteiger charge is -2.02. The quantitative estimate of drug-likeness (QED) is 0.706. The first kappa shape index (κ1) is 10.7. The predicted octanol–water partition coefficient (Wildman–Crippen LogP) is 2.82. The molecule has 1 unspecified atom stereocenters. The van der Waals surface area contributed by atoms with E-state index >= 15 is 0 Å². The Balaban J connectivity index is 3.04. The predicted molar refractivity (Wildman–Crippen MR) is 50.5 cm³/mol. The average Bonchev–Trinajstić information content (AvgIpc) is 2.20. The second kappa shape index (κ2) is 4.21. The van der Waals surface area contributed by atoms with Crippen molar-refractivity contribution in [2.75, 3.05) is 0 Å². The second-order valence-electron chi connectivity index (χ2n) is 2.84. The van der Waals surface area contributed by atoms with E-state index in [1.54, 1.807) is 6.07 Å². The van der Waals surface area contributed by atoms with Crippen LogP contribution in [0.3, 0.4) is 0 Å². The number of Topliss-reactive ketones (excluding diaryl/α,β-unsaturated/α-hetero) is 1. The normalized spacial score (nSPS) is 11.9. The molecule has 1 atom stereocenters. The van der Waals surface area contributed by atoms with Gasteiger partial charge in [-0.3, -0.25) is 4.79 Å². The summed E-state index contributed by atoms with van der Waals surface area (Å²) in [5.74, 6) is -1.82. The molecule has 0 fully saturated rings. The molecular weight excluding hydrogens is 205 g/mol. The molecule has 4 heteroatoms. The van der Waals surface area contributed by atoms with Crippen molar-refractivity contribution in [1.82, 2.24) is 0 Å². The number of hydrogen-bond acceptors (Lipinski definition) is 2. The Bertz CT molecular complexity index is 411. The molecule has 0 aliphatic rings. The third-order valence-corrected chi connectivity index (χ3v) is 2.10. The molecule has 14 heavy (non-hydrogen) atoms. The van der Waals surface area contributed by atoms with Gasteiger partial charge in [-0.2, -0.15) is 5.26 Å². The number of benzene rings is 1. The molecule has 0 saturated heterocycles. The topological polar surface area (TPSA) is 40.9 Å². The number of nitrogens with zero attached hydrogens (tertiary/aromatic N) is 1. The third kappa shape index (κ3) is 2.09. The van der Waals surface area contributed by atoms with E-state index in [-0.39, 0.29) is 10.6 Å². The Morgan fingerprint density at radius 1 is 1.64 bits per heavy atom. The summed E-state index contributed by atoms with van der Waals surface area (Å²) in [7, 11) is 0. The van der Waals surface area contributed by atoms with Crippen LogP contribution in [0.4, 0.5) is 4.39 Å². The first-order valence-corrected chi connectivity index (χ1v) is 4.33. The van der Waals surface area contributed by atoms with Gasteiger partial charge in [0.1, 0.15) is 11.7 Å². The zero-order valence-corrected chi connectivity index (χ0v) is 8.18. The Morgan fingerprint density at radius 2 is 2.29 bits per heavy atom. The maximum absolute atomic E-state index is 12.9. The van der Waals surface area contributed by atoms with E-state index in [0.29, 0.717) is 0 Å². The first-order chi connectivity index (χ1) is 6.56. The van der Waals surface area contributed by atoms with Gasteiger partial charge in [0, 0.05) is 5.56 Å². The maximum atomic E-state index is 12.9. The van der Waals surface area contributed by atoms with Crippen molar-refractivity contribution in [2.45, 2.75) is 6.92 Å². The fourth-order valence-corrected chi connectivity index (χ4v) is 1.08. The van der Waals surface area contributed by atoms with E-state index in [1.165, 1.54) is 19.1 Å². The van der Waals surface area contributed by atoms with Gasteiger partial charge in [-0.1, -0.05) is 11.6 Å². The molecule has 0 aliphatic carbocycles. The summed E-state index contributed by atoms with van der Waals surface area (Å²) in [6, 6.07) is 5.54. The summed E-state index contributed by atoms with van der Waals surface area (Å²) in [5.41, 5.74) is 0.168. The molecule has 72 valence electrons. The molecule has 0 saturated carbocycles. The van der Waals surface area contributed by atoms with Gasteiger partial charge in [-0.05, 0) is 25.1 Å². The highest BCUT2D eigenvalue weighted by molar-refractivity contribution is 6.30. The summed E-state index contributed by atoms with van der Waals surface area (Å²) in [4.78, 5) is 11.4. The molecule has 1 rings (SSSR count). The van der Waals surface area contributed by atoms with Crippen molar-refractivity contribution in [3.63, 3.8) is 0 Å². The number of rotatable bonds is 2. The largest absolute Gasteiger partial charge is 0.293 e. The Morgan fingerprint density at radius 3 is 2.79 bits per heavy atom. The lowest BCUT2D eigenvalue weighted by atomic mass is 10.0. The van der Waals surface area contributed by atoms with Gasteiger partial charge in [-0.15, -0.1) is 0 Å². The Hall–Kier alpha value is -1.40. The fraction of sp³-hybridized carbons (Fsp3) is 0.200. The number of carbonyl (C=O) groups is 1. The van der Waals surface area contributed by atoms with Crippen LogP contribution < -0.4 is 0 Å². The van der Waals surface area contributed by atoms with Crippen molar-refractivity contribution < 1.29 is 9.18 Å². The summed E-state index contributed by atoms with van der Waals surface area (Å²) < 4.78 is 12.9. The highest BCUT2D eigenvalue weighted by atomic mass is 35.5. The average molecular weight is 212 g/mol. The second-order valence-corrected chi connectivity index (χ2v) is 3.25. The lowest BCUT2D eigenvalue weighted by Crippen LogP contribution is -2.09. The van der Waals surface area contributed by atoms with Gasteiger partial charge in [0.25, 0.3) is 0 Å². The summed E-state index contributed by atoms with van der Waals surface area (Å²) in [6.07, 6.45) is 0. The standard InChI is InChI=1S/C10H7ClFNO/c1-6(5-13)10(14)7-2-3-8(11)9(12)4-7/h2-4,6H,1H3. The van der Waals surface area contributed by atoms with E-state index in [9.17, 15) is 9.18 Å². The van der Waals surface area contributed by atoms with Crippen LogP contribution in [0.2, 0.25) is 5.02 Å². The van der Waals surface area contributed by atoms with E-state index < -0.39 is 17.5 Å². The van der Waals surface area contributed by atoms with Crippen LogP contribution in [0, 0.1) is 23.1 Å². The fourth-order valence-electron chi connectivity index (χ4n) is 0.958. The molecule has 0 bridgehead atoms. The van der Waals surface area contributed by atoms with Gasteiger partial charge in [0.15, 0.2) is 5.78 Å². The van der Waals surface area contributed by atoms with Gasteiger partial charge in [0.2, 0.25) is 0 Å². The molecule has 0 radical (unpaired) electrons. The monoisotopic (exact) mass is 211 g/mol. The number of carbonyl (C=O) groups excluding carboxylic acids is 1. The maximum Gasteiger partial charge on any atom is 0.179 e. The van der Waals surface area contributed by atoms with Crippen molar-refractivity contribution in [1.29, 1.82) is 5.26 Å². The van der Waals surface area contributed by atoms with Crippen LogP contribution in [-0.2, 0) is 0 Å². The molecule has 0 spiro atoms. The van der Waals surface area contributed by atoms with E-state index in [1.807, 2.05) is 0 Å². The zero-order chi connectivity index (χ0) is 10.7. The van der Waals surface area contributed by atoms with Crippen molar-refractivity contribution in [2.24, 2.45) is 5.92 Å². The Kier molecular flexibility index (Phi) is 3.21. The Labute approximate surface area is 85.9 Å². The minimum Gasteiger partial charge on any atom is -0.293 e. The smallest absolute Gasteiger partial charge is 0.179 e. The summed E-state index contributed by atoms with van der Waals surface area (Å²) in [6.45, 7) is 1.47. The van der Waals surface area contributed by atoms with E-state index in [4.69, 9.17) is 16.9 Å². The molecule has 1 aromatic carbocycles. The molecule has 0 N–H and O–H groups in total. The van der Waals surface area contributed by atoms with Gasteiger partial charge < -0.3 is 0 Å². The highest BCUT2D eigenvalue weighted by Crippen LogP contribution is 2.17. The number of halogens is 2. The van der Waals surface area contributed by atoms with Gasteiger partial charge >= 0.3 is 0 Å². The van der Waals surface area contributed by atoms with Gasteiger partial charge in [-0.25, -0.2) is 4.39 Å². The zero-order valence-electron chi connectivity index (χ0n) is 7.42. The van der Waals surface area contributed by atoms with Crippen LogP contribution >= 0.6 is 11.6 Å². The SMILES string of the molecule is CC(C#N)C(=O)c1ccc(Cl)c(F)c1. The molecule has 0 heterocycles. The van der Waals surface area contributed by atoms with Crippen LogP contribution in [0.25, 0.3) is 0 Å². The highest BCUT2D eigenvalue weighted by Gasteiger charge is 2.15. The third-order valence-electron chi connectivity index (χ3n) is 1.79. The van der Waals surface area contributed by atoms with Crippen LogP contribution in [-0.4, -0.2) is 5.78 Å². The van der Waals surface area contributed by atoms with Gasteiger partial charge in [0.05, 0.1) is 11.1 Å². The van der Waals surface area contributed by atoms with Crippen LogP contribution in [0.5, 0.6) is 0 Å². The summed E-state index contributed by atoms with van der Waals surface area (Å²) in [5, 5.41) is 8.46. The van der Waals surface area contributed by atoms with E-state index in [0.717, 1.165) is 6.07 Å². The van der Waals surface area contributed by atoms with Crippen molar-refractivity contribution in [3.8, 4) is 6.07 Å². The molecule has 0 amide bonds. The molecule has 0 aliphatic heterocycles. The first-order valence-electron chi connectivity index (χ1n) is 3.95. The lowest BCUT2D eigenvalue weighted by molar-refractivity contribution is 0.0956. The van der Waals surface area contributed by atoms with Crippen LogP contribution in [0.1, 0.15) is 17.3 Å². The minimum absolute atomic E-state index is 0.0360. The number of nitriles is 1.